The number of methoxy groups -OCH3 is 1. The second-order valence-corrected chi connectivity index (χ2v) is 4.92. The third-order valence-corrected chi connectivity index (χ3v) is 2.91. The lowest BCUT2D eigenvalue weighted by Gasteiger charge is -2.05. The lowest BCUT2D eigenvalue weighted by Crippen LogP contribution is -2.14. The fourth-order valence-corrected chi connectivity index (χ4v) is 2.13. The van der Waals surface area contributed by atoms with E-state index < -0.39 is 0 Å². The number of rotatable bonds is 8. The van der Waals surface area contributed by atoms with Gasteiger partial charge in [-0.05, 0) is 49.6 Å². The first-order valence-electron chi connectivity index (χ1n) is 5.87. The number of benzene rings is 1. The van der Waals surface area contributed by atoms with Gasteiger partial charge >= 0.3 is 0 Å². The molecule has 0 saturated carbocycles. The Morgan fingerprint density at radius 1 is 1.24 bits per heavy atom. The van der Waals surface area contributed by atoms with Crippen molar-refractivity contribution in [2.75, 3.05) is 20.3 Å². The highest BCUT2D eigenvalue weighted by Crippen LogP contribution is 2.14. The minimum absolute atomic E-state index is 0.198. The quantitative estimate of drug-likeness (QED) is 0.742. The van der Waals surface area contributed by atoms with Crippen LogP contribution >= 0.6 is 15.9 Å². The third-order valence-electron chi connectivity index (χ3n) is 2.45. The Balaban J connectivity index is 2.13. The second kappa shape index (κ2) is 8.61. The summed E-state index contributed by atoms with van der Waals surface area (Å²) in [6, 6.07) is 4.96. The van der Waals surface area contributed by atoms with Gasteiger partial charge in [0.2, 0.25) is 0 Å². The molecule has 0 bridgehead atoms. The van der Waals surface area contributed by atoms with Crippen molar-refractivity contribution in [3.63, 3.8) is 0 Å². The highest BCUT2D eigenvalue weighted by Gasteiger charge is 1.98. The molecule has 4 heteroatoms. The predicted molar refractivity (Wildman–Crippen MR) is 71.5 cm³/mol. The smallest absolute Gasteiger partial charge is 0.124 e. The summed E-state index contributed by atoms with van der Waals surface area (Å²) in [4.78, 5) is 0. The Morgan fingerprint density at radius 3 is 2.76 bits per heavy atom. The maximum Gasteiger partial charge on any atom is 0.124 e. The van der Waals surface area contributed by atoms with Crippen LogP contribution in [0.15, 0.2) is 22.7 Å². The molecule has 1 aromatic rings. The van der Waals surface area contributed by atoms with Crippen LogP contribution in [0.5, 0.6) is 0 Å². The lowest BCUT2D eigenvalue weighted by molar-refractivity contribution is 0.192. The molecule has 1 rings (SSSR count). The van der Waals surface area contributed by atoms with Crippen LogP contribution in [0.2, 0.25) is 0 Å². The van der Waals surface area contributed by atoms with Gasteiger partial charge in [-0.15, -0.1) is 0 Å². The summed E-state index contributed by atoms with van der Waals surface area (Å²) in [5.74, 6) is -0.198. The first-order chi connectivity index (χ1) is 8.22. The molecule has 0 aliphatic rings. The molecule has 0 atom stereocenters. The van der Waals surface area contributed by atoms with Crippen LogP contribution in [0.1, 0.15) is 24.8 Å². The first kappa shape index (κ1) is 14.6. The zero-order chi connectivity index (χ0) is 12.5. The molecule has 0 saturated heterocycles. The van der Waals surface area contributed by atoms with Crippen molar-refractivity contribution in [2.45, 2.75) is 25.8 Å². The number of hydrogen-bond acceptors (Lipinski definition) is 2. The Labute approximate surface area is 111 Å². The van der Waals surface area contributed by atoms with Crippen molar-refractivity contribution < 1.29 is 9.13 Å². The monoisotopic (exact) mass is 303 g/mol. The highest BCUT2D eigenvalue weighted by atomic mass is 79.9. The first-order valence-corrected chi connectivity index (χ1v) is 6.66. The average molecular weight is 304 g/mol. The van der Waals surface area contributed by atoms with E-state index in [-0.39, 0.29) is 5.82 Å². The van der Waals surface area contributed by atoms with Crippen molar-refractivity contribution in [1.29, 1.82) is 0 Å². The van der Waals surface area contributed by atoms with E-state index in [1.165, 1.54) is 6.07 Å². The number of nitrogens with one attached hydrogen (secondary N) is 1. The largest absolute Gasteiger partial charge is 0.385 e. The molecule has 0 spiro atoms. The molecule has 0 unspecified atom stereocenters. The van der Waals surface area contributed by atoms with Crippen LogP contribution in [0, 0.1) is 5.82 Å². The molecule has 0 radical (unpaired) electrons. The fourth-order valence-electron chi connectivity index (χ4n) is 1.62. The van der Waals surface area contributed by atoms with Crippen LogP contribution in [0.3, 0.4) is 0 Å². The normalized spacial score (nSPS) is 10.8. The Morgan fingerprint density at radius 2 is 2.06 bits per heavy atom. The fraction of sp³-hybridized carbons (Fsp3) is 0.538. The summed E-state index contributed by atoms with van der Waals surface area (Å²) >= 11 is 3.28. The minimum Gasteiger partial charge on any atom is -0.385 e. The lowest BCUT2D eigenvalue weighted by atomic mass is 10.2. The van der Waals surface area contributed by atoms with Gasteiger partial charge in [0.05, 0.1) is 0 Å². The summed E-state index contributed by atoms with van der Waals surface area (Å²) in [6.07, 6.45) is 3.39. The molecular weight excluding hydrogens is 285 g/mol. The number of hydrogen-bond donors (Lipinski definition) is 1. The van der Waals surface area contributed by atoms with Gasteiger partial charge in [0.1, 0.15) is 5.82 Å². The van der Waals surface area contributed by atoms with E-state index in [1.54, 1.807) is 13.2 Å². The van der Waals surface area contributed by atoms with E-state index in [4.69, 9.17) is 4.74 Å². The maximum absolute atomic E-state index is 13.1. The van der Waals surface area contributed by atoms with Crippen LogP contribution in [-0.4, -0.2) is 20.3 Å². The molecule has 1 aromatic carbocycles. The third kappa shape index (κ3) is 6.76. The molecule has 0 amide bonds. The van der Waals surface area contributed by atoms with E-state index in [9.17, 15) is 4.39 Å². The van der Waals surface area contributed by atoms with Gasteiger partial charge in [-0.1, -0.05) is 15.9 Å². The van der Waals surface area contributed by atoms with E-state index in [0.717, 1.165) is 42.5 Å². The van der Waals surface area contributed by atoms with Gasteiger partial charge in [0.25, 0.3) is 0 Å². The van der Waals surface area contributed by atoms with Crippen LogP contribution in [0.4, 0.5) is 4.39 Å². The summed E-state index contributed by atoms with van der Waals surface area (Å²) in [5.41, 5.74) is 0.966. The molecule has 0 heterocycles. The molecule has 0 fully saturated rings. The second-order valence-electron chi connectivity index (χ2n) is 4.01. The number of unbranched alkanes of at least 4 members (excludes halogenated alkanes) is 2. The average Bonchev–Trinajstić information content (AvgIpc) is 2.26. The van der Waals surface area contributed by atoms with E-state index in [0.29, 0.717) is 6.54 Å². The molecule has 1 N–H and O–H groups in total. The summed E-state index contributed by atoms with van der Waals surface area (Å²) in [5, 5.41) is 3.30. The number of halogens is 2. The topological polar surface area (TPSA) is 21.3 Å². The van der Waals surface area contributed by atoms with Gasteiger partial charge in [-0.2, -0.15) is 0 Å². The van der Waals surface area contributed by atoms with Gasteiger partial charge in [-0.3, -0.25) is 0 Å². The molecule has 0 aliphatic heterocycles. The van der Waals surface area contributed by atoms with Crippen LogP contribution in [0.25, 0.3) is 0 Å². The van der Waals surface area contributed by atoms with Gasteiger partial charge in [0, 0.05) is 24.7 Å². The van der Waals surface area contributed by atoms with Crippen molar-refractivity contribution in [2.24, 2.45) is 0 Å². The van der Waals surface area contributed by atoms with Gasteiger partial charge in [0.15, 0.2) is 0 Å². The highest BCUT2D eigenvalue weighted by molar-refractivity contribution is 9.10. The van der Waals surface area contributed by atoms with E-state index in [2.05, 4.69) is 21.2 Å². The maximum atomic E-state index is 13.1. The molecular formula is C13H19BrFNO. The zero-order valence-corrected chi connectivity index (χ0v) is 11.7. The minimum atomic E-state index is -0.198. The molecule has 96 valence electrons. The SMILES string of the molecule is COCCCCCNCc1cc(F)cc(Br)c1. The summed E-state index contributed by atoms with van der Waals surface area (Å²) in [7, 11) is 1.72. The van der Waals surface area contributed by atoms with Crippen LogP contribution in [-0.2, 0) is 11.3 Å². The standard InChI is InChI=1S/C13H19BrFNO/c1-17-6-4-2-3-5-16-10-11-7-12(14)9-13(15)8-11/h7-9,16H,2-6,10H2,1H3. The van der Waals surface area contributed by atoms with Crippen LogP contribution < -0.4 is 5.32 Å². The Kier molecular flexibility index (Phi) is 7.40. The van der Waals surface area contributed by atoms with Crippen molar-refractivity contribution >= 4 is 15.9 Å². The Hall–Kier alpha value is -0.450. The molecule has 0 aliphatic carbocycles. The van der Waals surface area contributed by atoms with Crippen molar-refractivity contribution in [3.8, 4) is 0 Å². The zero-order valence-electron chi connectivity index (χ0n) is 10.1. The number of ether oxygens (including phenoxy) is 1. The van der Waals surface area contributed by atoms with Crippen molar-refractivity contribution in [1.82, 2.24) is 5.32 Å². The molecule has 2 nitrogen and oxygen atoms in total. The van der Waals surface area contributed by atoms with Gasteiger partial charge < -0.3 is 10.1 Å². The summed E-state index contributed by atoms with van der Waals surface area (Å²) in [6.45, 7) is 2.50. The van der Waals surface area contributed by atoms with E-state index in [1.807, 2.05) is 6.07 Å². The van der Waals surface area contributed by atoms with Crippen molar-refractivity contribution in [3.05, 3.63) is 34.1 Å². The van der Waals surface area contributed by atoms with E-state index >= 15 is 0 Å². The molecule has 0 aromatic heterocycles. The van der Waals surface area contributed by atoms with Gasteiger partial charge in [-0.25, -0.2) is 4.39 Å². The Bertz CT molecular complexity index is 313. The predicted octanol–water partition coefficient (Wildman–Crippen LogP) is 3.49. The molecule has 17 heavy (non-hydrogen) atoms. The summed E-state index contributed by atoms with van der Waals surface area (Å²) < 4.78 is 18.8.